The summed E-state index contributed by atoms with van der Waals surface area (Å²) in [5, 5.41) is 9.30. The van der Waals surface area contributed by atoms with Crippen LogP contribution in [0.4, 0.5) is 0 Å². The van der Waals surface area contributed by atoms with Crippen molar-refractivity contribution >= 4 is 27.5 Å². The van der Waals surface area contributed by atoms with Crippen LogP contribution in [0.1, 0.15) is 11.3 Å². The Kier molecular flexibility index (Phi) is 4.09. The first-order valence-corrected chi connectivity index (χ1v) is 7.83. The quantitative estimate of drug-likeness (QED) is 0.755. The van der Waals surface area contributed by atoms with Crippen molar-refractivity contribution in [1.29, 1.82) is 0 Å². The summed E-state index contributed by atoms with van der Waals surface area (Å²) >= 11 is 3.46. The zero-order valence-corrected chi connectivity index (χ0v) is 14.3. The minimum Gasteiger partial charge on any atom is -0.496 e. The molecule has 0 bridgehead atoms. The lowest BCUT2D eigenvalue weighted by Crippen LogP contribution is -2.05. The second-order valence-corrected chi connectivity index (χ2v) is 6.13. The molecule has 118 valence electrons. The topological polar surface area (TPSA) is 63.8 Å². The number of aromatic nitrogens is 2. The Bertz CT molecular complexity index is 902. The largest absolute Gasteiger partial charge is 0.496 e. The number of halogens is 1. The van der Waals surface area contributed by atoms with E-state index < -0.39 is 5.97 Å². The number of carboxylic acids is 1. The zero-order chi connectivity index (χ0) is 16.6. The molecule has 2 aromatic heterocycles. The summed E-state index contributed by atoms with van der Waals surface area (Å²) in [6, 6.07) is 9.44. The number of carboxylic acid groups (broad SMARTS) is 1. The number of ether oxygens (including phenoxy) is 1. The van der Waals surface area contributed by atoms with Crippen LogP contribution in [0.25, 0.3) is 16.9 Å². The maximum Gasteiger partial charge on any atom is 0.309 e. The highest BCUT2D eigenvalue weighted by atomic mass is 79.9. The van der Waals surface area contributed by atoms with Crippen LogP contribution in [-0.2, 0) is 11.2 Å². The number of rotatable bonds is 4. The van der Waals surface area contributed by atoms with Crippen LogP contribution in [0.3, 0.4) is 0 Å². The molecular weight excluding hydrogens is 360 g/mol. The molecule has 0 saturated carbocycles. The Balaban J connectivity index is 2.35. The number of carbonyl (C=O) groups is 1. The number of benzene rings is 1. The second kappa shape index (κ2) is 6.04. The van der Waals surface area contributed by atoms with Gasteiger partial charge in [0.25, 0.3) is 0 Å². The first-order valence-electron chi connectivity index (χ1n) is 7.03. The highest BCUT2D eigenvalue weighted by Crippen LogP contribution is 2.33. The molecule has 3 rings (SSSR count). The van der Waals surface area contributed by atoms with Crippen LogP contribution in [0.5, 0.6) is 5.75 Å². The van der Waals surface area contributed by atoms with Gasteiger partial charge in [0.1, 0.15) is 11.4 Å². The monoisotopic (exact) mass is 374 g/mol. The Morgan fingerprint density at radius 3 is 2.83 bits per heavy atom. The fraction of sp³-hybridized carbons (Fsp3) is 0.176. The van der Waals surface area contributed by atoms with Crippen molar-refractivity contribution in [1.82, 2.24) is 9.38 Å². The highest BCUT2D eigenvalue weighted by molar-refractivity contribution is 9.10. The maximum absolute atomic E-state index is 11.3. The Morgan fingerprint density at radius 2 is 2.13 bits per heavy atom. The summed E-state index contributed by atoms with van der Waals surface area (Å²) in [4.78, 5) is 16.0. The van der Waals surface area contributed by atoms with Crippen molar-refractivity contribution in [3.8, 4) is 17.0 Å². The minimum absolute atomic E-state index is 0.121. The number of aliphatic carboxylic acids is 1. The number of fused-ring (bicyclic) bond motifs is 1. The number of hydrogen-bond acceptors (Lipinski definition) is 3. The molecule has 0 radical (unpaired) electrons. The lowest BCUT2D eigenvalue weighted by atomic mass is 10.1. The number of nitrogens with zero attached hydrogens (tertiary/aromatic N) is 2. The standard InChI is InChI=1S/C17H15BrN2O3/c1-10-7-11(18)9-20-13(8-15(21)22)16(19-17(10)20)12-5-3-4-6-14(12)23-2/h3-7,9H,8H2,1-2H3,(H,21,22). The number of aryl methyl sites for hydroxylation is 1. The summed E-state index contributed by atoms with van der Waals surface area (Å²) in [5.41, 5.74) is 3.75. The van der Waals surface area contributed by atoms with Gasteiger partial charge in [-0.1, -0.05) is 12.1 Å². The van der Waals surface area contributed by atoms with E-state index in [2.05, 4.69) is 20.9 Å². The van der Waals surface area contributed by atoms with Crippen molar-refractivity contribution in [3.63, 3.8) is 0 Å². The highest BCUT2D eigenvalue weighted by Gasteiger charge is 2.20. The second-order valence-electron chi connectivity index (χ2n) is 5.21. The number of imidazole rings is 1. The van der Waals surface area contributed by atoms with E-state index in [1.165, 1.54) is 0 Å². The van der Waals surface area contributed by atoms with E-state index in [-0.39, 0.29) is 6.42 Å². The average Bonchev–Trinajstić information content (AvgIpc) is 2.85. The number of para-hydroxylation sites is 1. The fourth-order valence-corrected chi connectivity index (χ4v) is 3.23. The smallest absolute Gasteiger partial charge is 0.309 e. The predicted molar refractivity (Wildman–Crippen MR) is 91.0 cm³/mol. The van der Waals surface area contributed by atoms with Gasteiger partial charge < -0.3 is 14.2 Å². The van der Waals surface area contributed by atoms with Crippen molar-refractivity contribution in [3.05, 3.63) is 52.3 Å². The van der Waals surface area contributed by atoms with E-state index in [9.17, 15) is 9.90 Å². The summed E-state index contributed by atoms with van der Waals surface area (Å²) in [7, 11) is 1.59. The molecule has 0 unspecified atom stereocenters. The van der Waals surface area contributed by atoms with Gasteiger partial charge in [0.15, 0.2) is 0 Å². The molecule has 0 aliphatic carbocycles. The normalized spacial score (nSPS) is 10.9. The molecule has 0 spiro atoms. The molecule has 0 saturated heterocycles. The third-order valence-corrected chi connectivity index (χ3v) is 4.08. The van der Waals surface area contributed by atoms with Crippen LogP contribution in [0, 0.1) is 6.92 Å². The maximum atomic E-state index is 11.3. The molecule has 6 heteroatoms. The molecule has 0 fully saturated rings. The molecule has 0 atom stereocenters. The van der Waals surface area contributed by atoms with Crippen LogP contribution in [-0.4, -0.2) is 27.6 Å². The van der Waals surface area contributed by atoms with Crippen molar-refractivity contribution in [2.45, 2.75) is 13.3 Å². The molecule has 0 aliphatic rings. The van der Waals surface area contributed by atoms with E-state index in [1.54, 1.807) is 7.11 Å². The van der Waals surface area contributed by atoms with Gasteiger partial charge in [-0.3, -0.25) is 4.79 Å². The molecule has 1 aromatic carbocycles. The molecule has 23 heavy (non-hydrogen) atoms. The lowest BCUT2D eigenvalue weighted by molar-refractivity contribution is -0.136. The molecule has 3 aromatic rings. The number of hydrogen-bond donors (Lipinski definition) is 1. The van der Waals surface area contributed by atoms with E-state index in [1.807, 2.05) is 47.9 Å². The first-order chi connectivity index (χ1) is 11.0. The van der Waals surface area contributed by atoms with Gasteiger partial charge in [0, 0.05) is 16.2 Å². The van der Waals surface area contributed by atoms with Crippen molar-refractivity contribution < 1.29 is 14.6 Å². The number of pyridine rings is 1. The summed E-state index contributed by atoms with van der Waals surface area (Å²) in [6.07, 6.45) is 1.72. The Hall–Kier alpha value is -2.34. The number of methoxy groups -OCH3 is 1. The minimum atomic E-state index is -0.902. The third kappa shape index (κ3) is 2.82. The van der Waals surface area contributed by atoms with Crippen LogP contribution in [0.15, 0.2) is 41.0 Å². The average molecular weight is 375 g/mol. The lowest BCUT2D eigenvalue weighted by Gasteiger charge is -2.08. The van der Waals surface area contributed by atoms with Gasteiger partial charge in [0.05, 0.1) is 24.9 Å². The summed E-state index contributed by atoms with van der Waals surface area (Å²) < 4.78 is 8.11. The molecular formula is C17H15BrN2O3. The van der Waals surface area contributed by atoms with Crippen molar-refractivity contribution in [2.75, 3.05) is 7.11 Å². The third-order valence-electron chi connectivity index (χ3n) is 3.65. The molecule has 0 amide bonds. The Labute approximate surface area is 141 Å². The zero-order valence-electron chi connectivity index (χ0n) is 12.7. The molecule has 5 nitrogen and oxygen atoms in total. The molecule has 1 N–H and O–H groups in total. The van der Waals surface area contributed by atoms with Gasteiger partial charge in [-0.15, -0.1) is 0 Å². The SMILES string of the molecule is COc1ccccc1-c1nc2c(C)cc(Br)cn2c1CC(=O)O. The fourth-order valence-electron chi connectivity index (χ4n) is 2.68. The first kappa shape index (κ1) is 15.6. The Morgan fingerprint density at radius 1 is 1.39 bits per heavy atom. The van der Waals surface area contributed by atoms with Gasteiger partial charge in [-0.2, -0.15) is 0 Å². The van der Waals surface area contributed by atoms with Gasteiger partial charge in [0.2, 0.25) is 0 Å². The van der Waals surface area contributed by atoms with E-state index in [0.717, 1.165) is 21.2 Å². The predicted octanol–water partition coefficient (Wildman–Crippen LogP) is 3.71. The molecule has 0 aliphatic heterocycles. The van der Waals surface area contributed by atoms with Gasteiger partial charge in [-0.25, -0.2) is 4.98 Å². The van der Waals surface area contributed by atoms with Gasteiger partial charge in [-0.05, 0) is 46.6 Å². The van der Waals surface area contributed by atoms with Crippen LogP contribution in [0.2, 0.25) is 0 Å². The summed E-state index contributed by atoms with van der Waals surface area (Å²) in [6.45, 7) is 1.95. The van der Waals surface area contributed by atoms with E-state index in [4.69, 9.17) is 4.74 Å². The van der Waals surface area contributed by atoms with Crippen molar-refractivity contribution in [2.24, 2.45) is 0 Å². The van der Waals surface area contributed by atoms with Crippen LogP contribution < -0.4 is 4.74 Å². The molecule has 2 heterocycles. The summed E-state index contributed by atoms with van der Waals surface area (Å²) in [5.74, 6) is -0.236. The van der Waals surface area contributed by atoms with E-state index in [0.29, 0.717) is 17.1 Å². The van der Waals surface area contributed by atoms with Crippen LogP contribution >= 0.6 is 15.9 Å². The van der Waals surface area contributed by atoms with Gasteiger partial charge >= 0.3 is 5.97 Å². The van der Waals surface area contributed by atoms with E-state index >= 15 is 0 Å².